The molecular formula is C27H16F3N3O5. The molecule has 0 saturated carbocycles. The van der Waals surface area contributed by atoms with Crippen LogP contribution in [0.3, 0.4) is 0 Å². The second-order valence-electron chi connectivity index (χ2n) is 8.87. The molecule has 2 aromatic carbocycles. The molecule has 1 aromatic heterocycles. The molecule has 3 aliphatic rings. The Hall–Kier alpha value is -4.80. The Morgan fingerprint density at radius 2 is 1.55 bits per heavy atom. The van der Waals surface area contributed by atoms with Crippen LogP contribution in [0.5, 0.6) is 5.75 Å². The topological polar surface area (TPSA) is 109 Å². The van der Waals surface area contributed by atoms with Crippen molar-refractivity contribution in [3.05, 3.63) is 95.3 Å². The van der Waals surface area contributed by atoms with Crippen LogP contribution in [0, 0.1) is 11.8 Å². The molecule has 0 radical (unpaired) electrons. The fraction of sp³-hybridized carbons (Fsp3) is 0.148. The van der Waals surface area contributed by atoms with E-state index in [2.05, 4.69) is 14.7 Å². The Bertz CT molecular complexity index is 1560. The molecule has 0 spiro atoms. The van der Waals surface area contributed by atoms with E-state index in [1.807, 2.05) is 0 Å². The van der Waals surface area contributed by atoms with Gasteiger partial charge in [0.1, 0.15) is 17.6 Å². The maximum atomic E-state index is 13.7. The number of hydrogen-bond donors (Lipinski definition) is 1. The number of Topliss-reactive ketones (excluding diaryl/α,β-unsaturated/α-hetero) is 1. The lowest BCUT2D eigenvalue weighted by atomic mass is 9.84. The first-order valence-electron chi connectivity index (χ1n) is 11.5. The molecular weight excluding hydrogens is 503 g/mol. The number of rotatable bonds is 4. The Kier molecular flexibility index (Phi) is 5.20. The molecule has 11 heteroatoms. The van der Waals surface area contributed by atoms with Crippen molar-refractivity contribution >= 4 is 34.8 Å². The van der Waals surface area contributed by atoms with Gasteiger partial charge >= 0.3 is 6.36 Å². The summed E-state index contributed by atoms with van der Waals surface area (Å²) in [5.74, 6) is -5.03. The average Bonchev–Trinajstić information content (AvgIpc) is 3.49. The van der Waals surface area contributed by atoms with Gasteiger partial charge in [0.15, 0.2) is 5.78 Å². The van der Waals surface area contributed by atoms with Crippen molar-refractivity contribution < 1.29 is 37.4 Å². The fourth-order valence-electron chi connectivity index (χ4n) is 5.18. The highest BCUT2D eigenvalue weighted by atomic mass is 19.4. The molecule has 38 heavy (non-hydrogen) atoms. The number of ketones is 1. The summed E-state index contributed by atoms with van der Waals surface area (Å²) in [6, 6.07) is 14.8. The molecule has 3 aromatic rings. The van der Waals surface area contributed by atoms with E-state index in [0.29, 0.717) is 11.3 Å². The predicted molar refractivity (Wildman–Crippen MR) is 127 cm³/mol. The Morgan fingerprint density at radius 1 is 0.868 bits per heavy atom. The number of aliphatic hydroxyl groups is 1. The van der Waals surface area contributed by atoms with Crippen LogP contribution < -0.4 is 9.64 Å². The van der Waals surface area contributed by atoms with Gasteiger partial charge in [-0.15, -0.1) is 13.2 Å². The van der Waals surface area contributed by atoms with Gasteiger partial charge in [-0.25, -0.2) is 4.90 Å². The normalized spacial score (nSPS) is 22.6. The van der Waals surface area contributed by atoms with Gasteiger partial charge in [0.2, 0.25) is 11.8 Å². The maximum Gasteiger partial charge on any atom is 0.573 e. The summed E-state index contributed by atoms with van der Waals surface area (Å²) in [7, 11) is 0. The quantitative estimate of drug-likeness (QED) is 0.511. The van der Waals surface area contributed by atoms with Crippen LogP contribution >= 0.6 is 0 Å². The number of anilines is 1. The summed E-state index contributed by atoms with van der Waals surface area (Å²) in [5, 5.41) is 11.0. The summed E-state index contributed by atoms with van der Waals surface area (Å²) < 4.78 is 41.6. The minimum atomic E-state index is -4.90. The molecule has 1 saturated heterocycles. The van der Waals surface area contributed by atoms with Gasteiger partial charge in [-0.05, 0) is 36.4 Å². The number of carbonyl (C=O) groups excluding carboxylic acids is 3. The number of halogens is 3. The number of imide groups is 1. The lowest BCUT2D eigenvalue weighted by Crippen LogP contribution is -2.33. The van der Waals surface area contributed by atoms with Gasteiger partial charge in [-0.3, -0.25) is 24.4 Å². The molecule has 3 atom stereocenters. The molecule has 2 aliphatic heterocycles. The van der Waals surface area contributed by atoms with Crippen LogP contribution in [0.2, 0.25) is 0 Å². The van der Waals surface area contributed by atoms with Crippen LogP contribution in [0.1, 0.15) is 27.7 Å². The van der Waals surface area contributed by atoms with E-state index in [0.717, 1.165) is 29.2 Å². The standard InChI is InChI=1S/C27H16F3N3O5/c28-27(29,30)38-14-10-8-13(9-11-14)33-25(36)18-19(26(33)37)22(32-21(18)17-7-3-4-12-31-17)20-23(34)15-5-1-2-6-16(15)24(20)35/h1-12,18-19,21,34H/t18-,19-,21-/m1/s1. The number of aliphatic imine (C=N–C) groups is 1. The second-order valence-corrected chi connectivity index (χ2v) is 8.87. The molecule has 190 valence electrons. The number of fused-ring (bicyclic) bond motifs is 2. The lowest BCUT2D eigenvalue weighted by Gasteiger charge is -2.18. The van der Waals surface area contributed by atoms with E-state index < -0.39 is 47.6 Å². The molecule has 3 heterocycles. The van der Waals surface area contributed by atoms with Crippen LogP contribution in [0.4, 0.5) is 18.9 Å². The number of nitrogens with zero attached hydrogens (tertiary/aromatic N) is 3. The summed E-state index contributed by atoms with van der Waals surface area (Å²) in [4.78, 5) is 50.4. The van der Waals surface area contributed by atoms with Crippen molar-refractivity contribution in [2.45, 2.75) is 12.4 Å². The van der Waals surface area contributed by atoms with E-state index in [1.165, 1.54) is 6.20 Å². The highest BCUT2D eigenvalue weighted by Gasteiger charge is 2.59. The zero-order valence-electron chi connectivity index (χ0n) is 19.2. The highest BCUT2D eigenvalue weighted by Crippen LogP contribution is 2.49. The average molecular weight is 519 g/mol. The van der Waals surface area contributed by atoms with E-state index in [9.17, 15) is 32.7 Å². The Morgan fingerprint density at radius 3 is 2.18 bits per heavy atom. The first-order valence-corrected chi connectivity index (χ1v) is 11.5. The van der Waals surface area contributed by atoms with E-state index in [-0.39, 0.29) is 28.3 Å². The molecule has 6 rings (SSSR count). The van der Waals surface area contributed by atoms with Crippen LogP contribution in [-0.4, -0.2) is 39.8 Å². The first kappa shape index (κ1) is 23.6. The Balaban J connectivity index is 1.43. The van der Waals surface area contributed by atoms with Crippen molar-refractivity contribution in [1.29, 1.82) is 0 Å². The summed E-state index contributed by atoms with van der Waals surface area (Å²) in [5.41, 5.74) is 0.773. The third kappa shape index (κ3) is 3.58. The number of aromatic nitrogens is 1. The van der Waals surface area contributed by atoms with Crippen molar-refractivity contribution in [1.82, 2.24) is 4.98 Å². The number of pyridine rings is 1. The van der Waals surface area contributed by atoms with Crippen molar-refractivity contribution in [3.8, 4) is 5.75 Å². The van der Waals surface area contributed by atoms with Crippen molar-refractivity contribution in [2.75, 3.05) is 4.90 Å². The molecule has 1 N–H and O–H groups in total. The van der Waals surface area contributed by atoms with Gasteiger partial charge < -0.3 is 9.84 Å². The Labute approximate surface area is 212 Å². The SMILES string of the molecule is O=C1C(C2=N[C@H](c3ccccn3)[C@@H]3C(=O)N(c4ccc(OC(F)(F)F)cc4)C(=O)[C@@H]23)=C(O)c2ccccc21. The number of carbonyl (C=O) groups is 3. The number of amides is 2. The molecule has 8 nitrogen and oxygen atoms in total. The fourth-order valence-corrected chi connectivity index (χ4v) is 5.18. The number of allylic oxidation sites excluding steroid dienone is 1. The third-order valence-electron chi connectivity index (χ3n) is 6.73. The summed E-state index contributed by atoms with van der Waals surface area (Å²) in [6.07, 6.45) is -3.40. The number of aliphatic hydroxyl groups excluding tert-OH is 1. The van der Waals surface area contributed by atoms with Crippen molar-refractivity contribution in [3.63, 3.8) is 0 Å². The van der Waals surface area contributed by atoms with Crippen LogP contribution in [0.15, 0.2) is 83.5 Å². The number of ether oxygens (including phenoxy) is 1. The molecule has 0 unspecified atom stereocenters. The van der Waals surface area contributed by atoms with Crippen molar-refractivity contribution in [2.24, 2.45) is 16.8 Å². The predicted octanol–water partition coefficient (Wildman–Crippen LogP) is 4.45. The smallest absolute Gasteiger partial charge is 0.506 e. The monoisotopic (exact) mass is 519 g/mol. The summed E-state index contributed by atoms with van der Waals surface area (Å²) in [6.45, 7) is 0. The second kappa shape index (κ2) is 8.37. The van der Waals surface area contributed by atoms with Gasteiger partial charge in [0, 0.05) is 17.3 Å². The number of alkyl halides is 3. The minimum Gasteiger partial charge on any atom is -0.506 e. The first-order chi connectivity index (χ1) is 18.2. The summed E-state index contributed by atoms with van der Waals surface area (Å²) >= 11 is 0. The van der Waals surface area contributed by atoms with Gasteiger partial charge in [0.25, 0.3) is 0 Å². The number of benzene rings is 2. The number of hydrogen-bond acceptors (Lipinski definition) is 7. The van der Waals surface area contributed by atoms with Gasteiger partial charge in [0.05, 0.1) is 34.5 Å². The maximum absolute atomic E-state index is 13.7. The zero-order chi connectivity index (χ0) is 26.8. The zero-order valence-corrected chi connectivity index (χ0v) is 19.2. The van der Waals surface area contributed by atoms with Gasteiger partial charge in [-0.1, -0.05) is 30.3 Å². The van der Waals surface area contributed by atoms with Crippen LogP contribution in [-0.2, 0) is 9.59 Å². The molecule has 1 fully saturated rings. The third-order valence-corrected chi connectivity index (χ3v) is 6.73. The van der Waals surface area contributed by atoms with E-state index >= 15 is 0 Å². The minimum absolute atomic E-state index is 0.0257. The highest BCUT2D eigenvalue weighted by molar-refractivity contribution is 6.42. The van der Waals surface area contributed by atoms with Gasteiger partial charge in [-0.2, -0.15) is 0 Å². The van der Waals surface area contributed by atoms with Crippen LogP contribution in [0.25, 0.3) is 5.76 Å². The molecule has 0 bridgehead atoms. The lowest BCUT2D eigenvalue weighted by molar-refractivity contribution is -0.274. The molecule has 1 aliphatic carbocycles. The van der Waals surface area contributed by atoms with E-state index in [1.54, 1.807) is 42.5 Å². The molecule has 2 amide bonds. The largest absolute Gasteiger partial charge is 0.573 e. The van der Waals surface area contributed by atoms with E-state index in [4.69, 9.17) is 0 Å².